The Morgan fingerprint density at radius 2 is 2.25 bits per heavy atom. The Morgan fingerprint density at radius 3 is 2.88 bits per heavy atom. The van der Waals surface area contributed by atoms with Crippen LogP contribution in [0.15, 0.2) is 12.3 Å². The van der Waals surface area contributed by atoms with E-state index in [4.69, 9.17) is 21.1 Å². The quantitative estimate of drug-likeness (QED) is 0.640. The fraction of sp³-hybridized carbons (Fsp3) is 0.500. The molecule has 0 saturated carbocycles. The highest BCUT2D eigenvalue weighted by Gasteiger charge is 2.35. The van der Waals surface area contributed by atoms with Crippen molar-refractivity contribution in [2.24, 2.45) is 0 Å². The van der Waals surface area contributed by atoms with E-state index < -0.39 is 17.9 Å². The van der Waals surface area contributed by atoms with Crippen LogP contribution in [0.1, 0.15) is 22.9 Å². The number of aromatic nitrogens is 1. The van der Waals surface area contributed by atoms with Gasteiger partial charge in [0.1, 0.15) is 17.5 Å². The first-order chi connectivity index (χ1) is 7.67. The van der Waals surface area contributed by atoms with Crippen LogP contribution in [0.2, 0.25) is 0 Å². The maximum Gasteiger partial charge on any atom is 0.166 e. The van der Waals surface area contributed by atoms with Gasteiger partial charge >= 0.3 is 0 Å². The number of nitrogens with zero attached hydrogens (tertiary/aromatic N) is 1. The lowest BCUT2D eigenvalue weighted by Crippen LogP contribution is -2.41. The molecule has 3 atom stereocenters. The van der Waals surface area contributed by atoms with Gasteiger partial charge in [-0.25, -0.2) is 4.39 Å². The lowest BCUT2D eigenvalue weighted by molar-refractivity contribution is -0.00382. The number of ether oxygens (including phenoxy) is 2. The maximum absolute atomic E-state index is 14.0. The van der Waals surface area contributed by atoms with Gasteiger partial charge in [0.15, 0.2) is 6.17 Å². The van der Waals surface area contributed by atoms with E-state index in [1.165, 1.54) is 20.4 Å². The second kappa shape index (κ2) is 4.53. The topological polar surface area (TPSA) is 43.4 Å². The van der Waals surface area contributed by atoms with Crippen molar-refractivity contribution in [2.75, 3.05) is 14.2 Å². The molecule has 1 aromatic rings. The van der Waals surface area contributed by atoms with Gasteiger partial charge in [-0.2, -0.15) is 0 Å². The van der Waals surface area contributed by atoms with Crippen molar-refractivity contribution in [2.45, 2.75) is 17.9 Å². The number of rotatable bonds is 2. The summed E-state index contributed by atoms with van der Waals surface area (Å²) in [6, 6.07) is 1.59. The van der Waals surface area contributed by atoms with Crippen molar-refractivity contribution in [3.63, 3.8) is 0 Å². The number of hydrogen-bond donors (Lipinski definition) is 1. The average Bonchev–Trinajstić information content (AvgIpc) is 2.33. The van der Waals surface area contributed by atoms with Crippen molar-refractivity contribution in [3.8, 4) is 5.75 Å². The molecule has 0 bridgehead atoms. The van der Waals surface area contributed by atoms with Crippen LogP contribution in [0, 0.1) is 0 Å². The molecule has 0 aromatic carbocycles. The van der Waals surface area contributed by atoms with E-state index in [1.54, 1.807) is 6.07 Å². The summed E-state index contributed by atoms with van der Waals surface area (Å²) in [5.41, 5.74) is 0.325. The van der Waals surface area contributed by atoms with Crippen LogP contribution in [0.5, 0.6) is 5.75 Å². The smallest absolute Gasteiger partial charge is 0.166 e. The first-order valence-corrected chi connectivity index (χ1v) is 5.22. The zero-order chi connectivity index (χ0) is 11.7. The fourth-order valence-electron chi connectivity index (χ4n) is 1.67. The van der Waals surface area contributed by atoms with E-state index in [0.29, 0.717) is 17.0 Å². The second-order valence-electron chi connectivity index (χ2n) is 3.44. The Balaban J connectivity index is 2.43. The Kier molecular flexibility index (Phi) is 3.28. The monoisotopic (exact) mass is 246 g/mol. The Morgan fingerprint density at radius 1 is 1.50 bits per heavy atom. The average molecular weight is 247 g/mol. The molecule has 6 heteroatoms. The molecule has 1 aliphatic rings. The van der Waals surface area contributed by atoms with Crippen LogP contribution in [0.3, 0.4) is 0 Å². The predicted molar refractivity (Wildman–Crippen MR) is 57.2 cm³/mol. The van der Waals surface area contributed by atoms with Crippen LogP contribution in [0.4, 0.5) is 4.39 Å². The molecule has 0 radical (unpaired) electrons. The van der Waals surface area contributed by atoms with Gasteiger partial charge in [-0.15, -0.1) is 0 Å². The molecule has 88 valence electrons. The van der Waals surface area contributed by atoms with Crippen LogP contribution >= 0.6 is 11.6 Å². The fourth-order valence-corrected chi connectivity index (χ4v) is 1.98. The van der Waals surface area contributed by atoms with Crippen LogP contribution in [0.25, 0.3) is 0 Å². The molecular formula is C10H12ClFN2O2. The molecule has 0 saturated heterocycles. The molecule has 2 rings (SSSR count). The van der Waals surface area contributed by atoms with Crippen LogP contribution in [-0.2, 0) is 4.74 Å². The highest BCUT2D eigenvalue weighted by Crippen LogP contribution is 2.36. The molecule has 0 spiro atoms. The van der Waals surface area contributed by atoms with E-state index in [0.717, 1.165) is 0 Å². The van der Waals surface area contributed by atoms with E-state index in [-0.39, 0.29) is 0 Å². The molecule has 2 heterocycles. The van der Waals surface area contributed by atoms with E-state index in [1.807, 2.05) is 0 Å². The molecule has 3 unspecified atom stereocenters. The number of alkyl halides is 2. The number of pyridine rings is 1. The van der Waals surface area contributed by atoms with Gasteiger partial charge in [-0.1, -0.05) is 11.6 Å². The van der Waals surface area contributed by atoms with Gasteiger partial charge in [0, 0.05) is 12.7 Å². The van der Waals surface area contributed by atoms with Gasteiger partial charge in [-0.05, 0) is 6.07 Å². The molecule has 16 heavy (non-hydrogen) atoms. The molecule has 1 aliphatic heterocycles. The summed E-state index contributed by atoms with van der Waals surface area (Å²) < 4.78 is 24.0. The van der Waals surface area contributed by atoms with E-state index >= 15 is 0 Å². The normalized spacial score (nSPS) is 28.6. The minimum absolute atomic E-state index is 0.407. The standard InChI is InChI=1S/C10H12ClFN2O2/c1-15-5-3-6-7(12)10(16-2)14-9(11)8(6)13-4-5/h3-4,7,9-10,14H,1-2H3. The van der Waals surface area contributed by atoms with Gasteiger partial charge < -0.3 is 9.47 Å². The Bertz CT molecular complexity index is 391. The Labute approximate surface area is 97.7 Å². The van der Waals surface area contributed by atoms with Crippen molar-refractivity contribution in [1.29, 1.82) is 0 Å². The maximum atomic E-state index is 14.0. The molecule has 4 nitrogen and oxygen atoms in total. The number of nitrogens with one attached hydrogen (secondary N) is 1. The summed E-state index contributed by atoms with van der Waals surface area (Å²) in [4.78, 5) is 4.08. The Hall–Kier alpha value is -0.910. The third-order valence-corrected chi connectivity index (χ3v) is 2.86. The molecule has 0 fully saturated rings. The molecule has 1 N–H and O–H groups in total. The zero-order valence-electron chi connectivity index (χ0n) is 8.91. The minimum atomic E-state index is -1.31. The van der Waals surface area contributed by atoms with Gasteiger partial charge in [0.25, 0.3) is 0 Å². The van der Waals surface area contributed by atoms with Crippen molar-refractivity contribution in [1.82, 2.24) is 10.3 Å². The second-order valence-corrected chi connectivity index (χ2v) is 3.87. The molecule has 0 aliphatic carbocycles. The summed E-state index contributed by atoms with van der Waals surface area (Å²) in [6.07, 6.45) is -0.558. The molecule has 1 aromatic heterocycles. The lowest BCUT2D eigenvalue weighted by atomic mass is 10.0. The highest BCUT2D eigenvalue weighted by atomic mass is 35.5. The number of fused-ring (bicyclic) bond motifs is 1. The van der Waals surface area contributed by atoms with Gasteiger partial charge in [-0.3, -0.25) is 10.3 Å². The lowest BCUT2D eigenvalue weighted by Gasteiger charge is -2.31. The first-order valence-electron chi connectivity index (χ1n) is 4.78. The number of methoxy groups -OCH3 is 2. The van der Waals surface area contributed by atoms with Gasteiger partial charge in [0.2, 0.25) is 0 Å². The number of hydrogen-bond acceptors (Lipinski definition) is 4. The first kappa shape index (κ1) is 11.6. The molecular weight excluding hydrogens is 235 g/mol. The summed E-state index contributed by atoms with van der Waals surface area (Å²) >= 11 is 6.02. The van der Waals surface area contributed by atoms with E-state index in [9.17, 15) is 4.39 Å². The van der Waals surface area contributed by atoms with Crippen molar-refractivity contribution < 1.29 is 13.9 Å². The summed E-state index contributed by atoms with van der Waals surface area (Å²) in [6.45, 7) is 0. The van der Waals surface area contributed by atoms with Crippen molar-refractivity contribution in [3.05, 3.63) is 23.5 Å². The SMILES string of the molecule is COc1cnc2c(c1)C(F)C(OC)NC2Cl. The summed E-state index contributed by atoms with van der Waals surface area (Å²) in [5, 5.41) is 2.77. The highest BCUT2D eigenvalue weighted by molar-refractivity contribution is 6.20. The predicted octanol–water partition coefficient (Wildman–Crippen LogP) is 1.91. The molecule has 0 amide bonds. The zero-order valence-corrected chi connectivity index (χ0v) is 9.66. The number of halogens is 2. The van der Waals surface area contributed by atoms with Crippen molar-refractivity contribution >= 4 is 11.6 Å². The summed E-state index contributed by atoms with van der Waals surface area (Å²) in [5.74, 6) is 0.502. The van der Waals surface area contributed by atoms with Gasteiger partial charge in [0.05, 0.1) is 19.0 Å². The van der Waals surface area contributed by atoms with Crippen LogP contribution < -0.4 is 10.1 Å². The third-order valence-electron chi connectivity index (χ3n) is 2.53. The summed E-state index contributed by atoms with van der Waals surface area (Å²) in [7, 11) is 2.93. The van der Waals surface area contributed by atoms with Crippen LogP contribution in [-0.4, -0.2) is 25.4 Å². The largest absolute Gasteiger partial charge is 0.495 e. The third kappa shape index (κ3) is 1.86. The van der Waals surface area contributed by atoms with E-state index in [2.05, 4.69) is 10.3 Å². The minimum Gasteiger partial charge on any atom is -0.495 e.